The third-order valence-electron chi connectivity index (χ3n) is 3.10. The van der Waals surface area contributed by atoms with Crippen LogP contribution in [0, 0.1) is 13.8 Å². The van der Waals surface area contributed by atoms with Gasteiger partial charge in [-0.1, -0.05) is 6.07 Å². The molecule has 0 aromatic carbocycles. The van der Waals surface area contributed by atoms with E-state index in [0.717, 1.165) is 35.3 Å². The smallest absolute Gasteiger partial charge is 0.191 e. The molecule has 2 aromatic heterocycles. The second-order valence-corrected chi connectivity index (χ2v) is 5.79. The van der Waals surface area contributed by atoms with Gasteiger partial charge in [0.15, 0.2) is 5.96 Å². The molecule has 120 valence electrons. The van der Waals surface area contributed by atoms with Crippen molar-refractivity contribution in [3.05, 3.63) is 45.7 Å². The first-order valence-corrected chi connectivity index (χ1v) is 7.83. The summed E-state index contributed by atoms with van der Waals surface area (Å²) in [5.74, 6) is 0.784. The molecule has 0 atom stereocenters. The predicted molar refractivity (Wildman–Crippen MR) is 103 cm³/mol. The fraction of sp³-hybridized carbons (Fsp3) is 0.400. The molecule has 2 N–H and O–H groups in total. The number of hydrogen-bond donors (Lipinski definition) is 2. The van der Waals surface area contributed by atoms with E-state index in [1.165, 1.54) is 5.56 Å². The van der Waals surface area contributed by atoms with Gasteiger partial charge in [0.05, 0.1) is 22.9 Å². The average molecular weight is 431 g/mol. The van der Waals surface area contributed by atoms with Crippen LogP contribution in [0.3, 0.4) is 0 Å². The van der Waals surface area contributed by atoms with Crippen LogP contribution in [0.15, 0.2) is 28.7 Å². The number of hydrogen-bond acceptors (Lipinski definition) is 4. The molecule has 0 radical (unpaired) electrons. The Kier molecular flexibility index (Phi) is 8.32. The van der Waals surface area contributed by atoms with Gasteiger partial charge >= 0.3 is 0 Å². The van der Waals surface area contributed by atoms with Crippen LogP contribution in [0.5, 0.6) is 0 Å². The van der Waals surface area contributed by atoms with Crippen molar-refractivity contribution in [2.75, 3.05) is 13.6 Å². The average Bonchev–Trinajstić information content (AvgIpc) is 2.90. The lowest BCUT2D eigenvalue weighted by Gasteiger charge is -2.12. The molecule has 2 heterocycles. The molecule has 0 aliphatic rings. The second kappa shape index (κ2) is 9.73. The monoisotopic (exact) mass is 431 g/mol. The summed E-state index contributed by atoms with van der Waals surface area (Å²) in [7, 11) is 1.77. The molecule has 0 unspecified atom stereocenters. The molecule has 0 bridgehead atoms. The molecule has 2 aromatic rings. The maximum Gasteiger partial charge on any atom is 0.191 e. The summed E-state index contributed by atoms with van der Waals surface area (Å²) in [6.07, 6.45) is 2.71. The summed E-state index contributed by atoms with van der Waals surface area (Å²) in [6, 6.07) is 4.01. The molecule has 0 saturated heterocycles. The fourth-order valence-electron chi connectivity index (χ4n) is 1.92. The van der Waals surface area contributed by atoms with Crippen LogP contribution >= 0.6 is 35.3 Å². The zero-order valence-electron chi connectivity index (χ0n) is 13.1. The Morgan fingerprint density at radius 1 is 1.32 bits per heavy atom. The van der Waals surface area contributed by atoms with Crippen LogP contribution in [0.25, 0.3) is 0 Å². The van der Waals surface area contributed by atoms with Gasteiger partial charge in [-0.2, -0.15) is 0 Å². The normalized spacial score (nSPS) is 11.0. The van der Waals surface area contributed by atoms with Crippen molar-refractivity contribution in [3.8, 4) is 0 Å². The van der Waals surface area contributed by atoms with Gasteiger partial charge in [-0.05, 0) is 25.5 Å². The molecule has 22 heavy (non-hydrogen) atoms. The zero-order chi connectivity index (χ0) is 15.1. The Morgan fingerprint density at radius 2 is 2.14 bits per heavy atom. The summed E-state index contributed by atoms with van der Waals surface area (Å²) in [4.78, 5) is 13.0. The van der Waals surface area contributed by atoms with E-state index in [9.17, 15) is 0 Å². The van der Waals surface area contributed by atoms with Crippen LogP contribution in [-0.4, -0.2) is 29.5 Å². The number of rotatable bonds is 5. The maximum atomic E-state index is 4.45. The Balaban J connectivity index is 0.00000242. The number of nitrogens with zero attached hydrogens (tertiary/aromatic N) is 3. The summed E-state index contributed by atoms with van der Waals surface area (Å²) in [5, 5.41) is 9.78. The number of halogens is 1. The van der Waals surface area contributed by atoms with Crippen molar-refractivity contribution in [2.45, 2.75) is 26.8 Å². The first kappa shape index (κ1) is 18.8. The van der Waals surface area contributed by atoms with E-state index < -0.39 is 0 Å². The lowest BCUT2D eigenvalue weighted by atomic mass is 10.2. The van der Waals surface area contributed by atoms with Crippen molar-refractivity contribution in [1.82, 2.24) is 20.6 Å². The van der Waals surface area contributed by atoms with Crippen molar-refractivity contribution in [2.24, 2.45) is 4.99 Å². The number of pyridine rings is 1. The summed E-state index contributed by atoms with van der Waals surface area (Å²) < 4.78 is 0. The molecule has 0 saturated carbocycles. The minimum absolute atomic E-state index is 0. The zero-order valence-corrected chi connectivity index (χ0v) is 16.2. The van der Waals surface area contributed by atoms with Crippen molar-refractivity contribution in [1.29, 1.82) is 0 Å². The van der Waals surface area contributed by atoms with Crippen molar-refractivity contribution < 1.29 is 0 Å². The highest BCUT2D eigenvalue weighted by molar-refractivity contribution is 14.0. The predicted octanol–water partition coefficient (Wildman–Crippen LogP) is 2.68. The Bertz CT molecular complexity index is 611. The van der Waals surface area contributed by atoms with Gasteiger partial charge in [-0.3, -0.25) is 9.98 Å². The first-order valence-electron chi connectivity index (χ1n) is 6.95. The van der Waals surface area contributed by atoms with Crippen LogP contribution in [0.4, 0.5) is 0 Å². The lowest BCUT2D eigenvalue weighted by Crippen LogP contribution is -2.38. The van der Waals surface area contributed by atoms with Gasteiger partial charge in [0.2, 0.25) is 0 Å². The molecular formula is C15H22IN5S. The van der Waals surface area contributed by atoms with E-state index in [2.05, 4.69) is 44.0 Å². The molecule has 0 amide bonds. The van der Waals surface area contributed by atoms with E-state index in [1.54, 1.807) is 18.4 Å². The highest BCUT2D eigenvalue weighted by atomic mass is 127. The van der Waals surface area contributed by atoms with E-state index in [0.29, 0.717) is 6.54 Å². The van der Waals surface area contributed by atoms with E-state index in [-0.39, 0.29) is 24.0 Å². The van der Waals surface area contributed by atoms with Crippen LogP contribution in [-0.2, 0) is 13.0 Å². The van der Waals surface area contributed by atoms with E-state index in [1.807, 2.05) is 19.2 Å². The number of thiazole rings is 1. The molecule has 0 aliphatic heterocycles. The summed E-state index contributed by atoms with van der Waals surface area (Å²) in [5.41, 5.74) is 3.34. The molecule has 0 spiro atoms. The molecule has 5 nitrogen and oxygen atoms in total. The quantitative estimate of drug-likeness (QED) is 0.434. The number of nitrogens with one attached hydrogen (secondary N) is 2. The minimum Gasteiger partial charge on any atom is -0.356 e. The SMILES string of the molecule is CN=C(NCCc1csc(C)n1)NCc1ncccc1C.I. The second-order valence-electron chi connectivity index (χ2n) is 4.73. The van der Waals surface area contributed by atoms with Crippen molar-refractivity contribution in [3.63, 3.8) is 0 Å². The molecular weight excluding hydrogens is 409 g/mol. The van der Waals surface area contributed by atoms with Gasteiger partial charge in [0.1, 0.15) is 0 Å². The standard InChI is InChI=1S/C15H21N5S.HI/c1-11-5-4-7-17-14(11)9-19-15(16-3)18-8-6-13-10-21-12(2)20-13;/h4-5,7,10H,6,8-9H2,1-3H3,(H2,16,18,19);1H. The number of guanidine groups is 1. The van der Waals surface area contributed by atoms with Gasteiger partial charge < -0.3 is 10.6 Å². The molecule has 0 fully saturated rings. The van der Waals surface area contributed by atoms with Gasteiger partial charge in [-0.25, -0.2) is 4.98 Å². The third-order valence-corrected chi connectivity index (χ3v) is 3.93. The minimum atomic E-state index is 0. The molecule has 2 rings (SSSR count). The Labute approximate surface area is 152 Å². The van der Waals surface area contributed by atoms with Gasteiger partial charge in [0, 0.05) is 31.6 Å². The largest absolute Gasteiger partial charge is 0.356 e. The van der Waals surface area contributed by atoms with Crippen molar-refractivity contribution >= 4 is 41.3 Å². The third kappa shape index (κ3) is 5.88. The fourth-order valence-corrected chi connectivity index (χ4v) is 2.57. The summed E-state index contributed by atoms with van der Waals surface area (Å²) >= 11 is 1.69. The number of aromatic nitrogens is 2. The molecule has 7 heteroatoms. The Hall–Kier alpha value is -1.22. The Morgan fingerprint density at radius 3 is 2.77 bits per heavy atom. The van der Waals surface area contributed by atoms with Gasteiger partial charge in [0.25, 0.3) is 0 Å². The van der Waals surface area contributed by atoms with Crippen LogP contribution in [0.1, 0.15) is 22.0 Å². The van der Waals surface area contributed by atoms with E-state index in [4.69, 9.17) is 0 Å². The molecule has 0 aliphatic carbocycles. The maximum absolute atomic E-state index is 4.45. The number of aryl methyl sites for hydroxylation is 2. The van der Waals surface area contributed by atoms with E-state index >= 15 is 0 Å². The highest BCUT2D eigenvalue weighted by Crippen LogP contribution is 2.07. The topological polar surface area (TPSA) is 62.2 Å². The first-order chi connectivity index (χ1) is 10.2. The van der Waals surface area contributed by atoms with Crippen LogP contribution < -0.4 is 10.6 Å². The lowest BCUT2D eigenvalue weighted by molar-refractivity contribution is 0.773. The highest BCUT2D eigenvalue weighted by Gasteiger charge is 2.02. The van der Waals surface area contributed by atoms with Gasteiger partial charge in [-0.15, -0.1) is 35.3 Å². The summed E-state index contributed by atoms with van der Waals surface area (Å²) in [6.45, 7) is 5.56. The number of aliphatic imine (C=N–C) groups is 1. The van der Waals surface area contributed by atoms with Crippen LogP contribution in [0.2, 0.25) is 0 Å².